The normalized spacial score (nSPS) is 15.0. The molecule has 6 rings (SSSR count). The van der Waals surface area contributed by atoms with Gasteiger partial charge in [-0.25, -0.2) is 9.50 Å². The van der Waals surface area contributed by atoms with Crippen molar-refractivity contribution in [1.82, 2.24) is 14.6 Å². The number of rotatable bonds is 5. The number of fused-ring (bicyclic) bond motifs is 3. The zero-order chi connectivity index (χ0) is 24.0. The second kappa shape index (κ2) is 8.18. The Morgan fingerprint density at radius 3 is 2.43 bits per heavy atom. The van der Waals surface area contributed by atoms with Crippen molar-refractivity contribution in [3.05, 3.63) is 96.2 Å². The van der Waals surface area contributed by atoms with Gasteiger partial charge in [-0.2, -0.15) is 5.10 Å². The van der Waals surface area contributed by atoms with E-state index in [1.54, 1.807) is 6.08 Å². The summed E-state index contributed by atoms with van der Waals surface area (Å²) in [6, 6.07) is 24.6. The molecule has 0 bridgehead atoms. The van der Waals surface area contributed by atoms with Gasteiger partial charge in [0.2, 0.25) is 5.91 Å². The van der Waals surface area contributed by atoms with Crippen LogP contribution in [0, 0.1) is 0 Å². The van der Waals surface area contributed by atoms with Gasteiger partial charge in [0.1, 0.15) is 0 Å². The standard InChI is InChI=1S/C29H25N5O/c30-26(35)14-8-19-7-13-25-23(17-19)28-32-27(21-9-11-22(12-10-21)29(31)15-4-16-29)24(18-34(28)33-25)20-5-2-1-3-6-20/h1-3,5-14,17-18H,4,15-16,31H2,(H2,30,35). The lowest BCUT2D eigenvalue weighted by molar-refractivity contribution is -0.113. The first kappa shape index (κ1) is 21.3. The third-order valence-electron chi connectivity index (χ3n) is 6.92. The number of aromatic nitrogens is 3. The number of amides is 1. The molecule has 1 aliphatic carbocycles. The van der Waals surface area contributed by atoms with Crippen LogP contribution in [0.25, 0.3) is 45.0 Å². The van der Waals surface area contributed by atoms with E-state index >= 15 is 0 Å². The van der Waals surface area contributed by atoms with Crippen molar-refractivity contribution in [3.8, 4) is 22.4 Å². The van der Waals surface area contributed by atoms with E-state index in [1.807, 2.05) is 47.1 Å². The number of carbonyl (C=O) groups excluding carboxylic acids is 1. The van der Waals surface area contributed by atoms with E-state index in [-0.39, 0.29) is 5.54 Å². The van der Waals surface area contributed by atoms with Gasteiger partial charge in [0.05, 0.1) is 11.2 Å². The number of hydrogen-bond donors (Lipinski definition) is 2. The van der Waals surface area contributed by atoms with Crippen LogP contribution < -0.4 is 11.5 Å². The maximum atomic E-state index is 11.2. The first-order valence-electron chi connectivity index (χ1n) is 11.8. The van der Waals surface area contributed by atoms with E-state index in [0.717, 1.165) is 57.3 Å². The third-order valence-corrected chi connectivity index (χ3v) is 6.92. The average molecular weight is 460 g/mol. The van der Waals surface area contributed by atoms with Gasteiger partial charge in [0.25, 0.3) is 0 Å². The SMILES string of the molecule is NC(=O)C=Cc1ccc2nn3cc(-c4ccccc4)c(-c4ccc(C5(N)CCC5)cc4)nc3c2c1. The van der Waals surface area contributed by atoms with Crippen LogP contribution in [0.15, 0.2) is 85.1 Å². The van der Waals surface area contributed by atoms with Crippen LogP contribution >= 0.6 is 0 Å². The van der Waals surface area contributed by atoms with Gasteiger partial charge >= 0.3 is 0 Å². The molecule has 0 saturated heterocycles. The molecule has 1 fully saturated rings. The molecule has 4 N–H and O–H groups in total. The predicted molar refractivity (Wildman–Crippen MR) is 139 cm³/mol. The van der Waals surface area contributed by atoms with E-state index in [0.29, 0.717) is 0 Å². The second-order valence-electron chi connectivity index (χ2n) is 9.24. The molecular formula is C29H25N5O. The quantitative estimate of drug-likeness (QED) is 0.359. The molecule has 35 heavy (non-hydrogen) atoms. The van der Waals surface area contributed by atoms with Gasteiger partial charge in [-0.1, -0.05) is 60.7 Å². The van der Waals surface area contributed by atoms with Crippen molar-refractivity contribution in [2.24, 2.45) is 11.5 Å². The molecule has 2 heterocycles. The summed E-state index contributed by atoms with van der Waals surface area (Å²) in [5, 5.41) is 5.67. The Labute approximate surface area is 202 Å². The lowest BCUT2D eigenvalue weighted by atomic mass is 9.72. The van der Waals surface area contributed by atoms with Gasteiger partial charge < -0.3 is 11.5 Å². The largest absolute Gasteiger partial charge is 0.366 e. The Hall–Kier alpha value is -4.29. The Balaban J connectivity index is 1.54. The topological polar surface area (TPSA) is 99.3 Å². The van der Waals surface area contributed by atoms with E-state index in [4.69, 9.17) is 21.5 Å². The first-order chi connectivity index (χ1) is 17.0. The fraction of sp³-hybridized carbons (Fsp3) is 0.138. The summed E-state index contributed by atoms with van der Waals surface area (Å²) in [7, 11) is 0. The average Bonchev–Trinajstić information content (AvgIpc) is 3.23. The van der Waals surface area contributed by atoms with E-state index < -0.39 is 5.91 Å². The summed E-state index contributed by atoms with van der Waals surface area (Å²) >= 11 is 0. The highest BCUT2D eigenvalue weighted by Crippen LogP contribution is 2.40. The minimum atomic E-state index is -0.484. The molecule has 0 radical (unpaired) electrons. The molecule has 0 aliphatic heterocycles. The molecule has 6 nitrogen and oxygen atoms in total. The highest BCUT2D eigenvalue weighted by atomic mass is 16.1. The molecule has 1 saturated carbocycles. The summed E-state index contributed by atoms with van der Waals surface area (Å²) in [5.41, 5.74) is 19.2. The van der Waals surface area contributed by atoms with Crippen molar-refractivity contribution in [1.29, 1.82) is 0 Å². The number of benzene rings is 3. The summed E-state index contributed by atoms with van der Waals surface area (Å²) < 4.78 is 1.83. The third kappa shape index (κ3) is 3.78. The van der Waals surface area contributed by atoms with Crippen LogP contribution in [0.3, 0.4) is 0 Å². The zero-order valence-corrected chi connectivity index (χ0v) is 19.2. The van der Waals surface area contributed by atoms with Gasteiger partial charge in [-0.05, 0) is 54.2 Å². The maximum absolute atomic E-state index is 11.2. The molecule has 0 spiro atoms. The van der Waals surface area contributed by atoms with E-state index in [9.17, 15) is 4.79 Å². The van der Waals surface area contributed by atoms with Crippen molar-refractivity contribution in [2.45, 2.75) is 24.8 Å². The van der Waals surface area contributed by atoms with Crippen LogP contribution in [-0.2, 0) is 10.3 Å². The minimum absolute atomic E-state index is 0.200. The number of carbonyl (C=O) groups is 1. The molecular weight excluding hydrogens is 434 g/mol. The summed E-state index contributed by atoms with van der Waals surface area (Å²) in [4.78, 5) is 16.3. The van der Waals surface area contributed by atoms with E-state index in [2.05, 4.69) is 36.4 Å². The van der Waals surface area contributed by atoms with Gasteiger partial charge in [-0.15, -0.1) is 0 Å². The van der Waals surface area contributed by atoms with Crippen molar-refractivity contribution >= 4 is 28.5 Å². The molecule has 1 aliphatic rings. The van der Waals surface area contributed by atoms with Gasteiger partial charge in [0, 0.05) is 34.3 Å². The zero-order valence-electron chi connectivity index (χ0n) is 19.2. The predicted octanol–water partition coefficient (Wildman–Crippen LogP) is 5.05. The lowest BCUT2D eigenvalue weighted by Gasteiger charge is -2.38. The van der Waals surface area contributed by atoms with Crippen LogP contribution in [0.4, 0.5) is 0 Å². The molecule has 3 aromatic carbocycles. The van der Waals surface area contributed by atoms with Crippen LogP contribution in [0.5, 0.6) is 0 Å². The summed E-state index contributed by atoms with van der Waals surface area (Å²) in [6.07, 6.45) is 8.33. The number of nitrogens with two attached hydrogens (primary N) is 2. The molecule has 1 amide bonds. The fourth-order valence-electron chi connectivity index (χ4n) is 4.80. The van der Waals surface area contributed by atoms with Crippen LogP contribution in [0.2, 0.25) is 0 Å². The Kier molecular flexibility index (Phi) is 4.97. The summed E-state index contributed by atoms with van der Waals surface area (Å²) in [6.45, 7) is 0. The maximum Gasteiger partial charge on any atom is 0.241 e. The van der Waals surface area contributed by atoms with Crippen molar-refractivity contribution < 1.29 is 4.79 Å². The van der Waals surface area contributed by atoms with Crippen molar-refractivity contribution in [3.63, 3.8) is 0 Å². The monoisotopic (exact) mass is 459 g/mol. The fourth-order valence-corrected chi connectivity index (χ4v) is 4.80. The molecule has 5 aromatic rings. The molecule has 0 atom stereocenters. The van der Waals surface area contributed by atoms with Crippen molar-refractivity contribution in [2.75, 3.05) is 0 Å². The van der Waals surface area contributed by atoms with Crippen LogP contribution in [-0.4, -0.2) is 20.5 Å². The Bertz CT molecular complexity index is 1600. The number of hydrogen-bond acceptors (Lipinski definition) is 4. The highest BCUT2D eigenvalue weighted by molar-refractivity contribution is 5.96. The Morgan fingerprint density at radius 2 is 1.74 bits per heavy atom. The van der Waals surface area contributed by atoms with Gasteiger partial charge in [0.15, 0.2) is 5.65 Å². The second-order valence-corrected chi connectivity index (χ2v) is 9.24. The Morgan fingerprint density at radius 1 is 0.971 bits per heavy atom. The highest BCUT2D eigenvalue weighted by Gasteiger charge is 2.34. The summed E-state index contributed by atoms with van der Waals surface area (Å²) in [5.74, 6) is -0.484. The molecule has 6 heteroatoms. The van der Waals surface area contributed by atoms with E-state index in [1.165, 1.54) is 18.1 Å². The number of primary amides is 1. The van der Waals surface area contributed by atoms with Crippen LogP contribution in [0.1, 0.15) is 30.4 Å². The lowest BCUT2D eigenvalue weighted by Crippen LogP contribution is -2.43. The first-order valence-corrected chi connectivity index (χ1v) is 11.8. The number of nitrogens with zero attached hydrogens (tertiary/aromatic N) is 3. The minimum Gasteiger partial charge on any atom is -0.366 e. The smallest absolute Gasteiger partial charge is 0.241 e. The van der Waals surface area contributed by atoms with Gasteiger partial charge in [-0.3, -0.25) is 4.79 Å². The molecule has 0 unspecified atom stereocenters. The molecule has 2 aromatic heterocycles. The molecule has 172 valence electrons.